The standard InChI is InChI=1S/C18H36O2.C17H34O2/c1-17(2)15-13-11-9-7-5-3-4-6-8-10-12-14-16-18(19)20;1-3-5-7-9-11-13-15-17(18)19-16-14-12-10-8-6-4-2/h17H,3-16H2,1-2H3,(H,19,20);3-16H2,1-2H3. The summed E-state index contributed by atoms with van der Waals surface area (Å²) in [6.07, 6.45) is 32.7. The quantitative estimate of drug-likeness (QED) is 0.0737. The lowest BCUT2D eigenvalue weighted by Crippen LogP contribution is -2.05. The Bertz CT molecular complexity index is 489. The molecule has 0 aliphatic rings. The fourth-order valence-corrected chi connectivity index (χ4v) is 4.79. The summed E-state index contributed by atoms with van der Waals surface area (Å²) in [4.78, 5) is 21.8. The topological polar surface area (TPSA) is 63.6 Å². The number of ether oxygens (including phenoxy) is 1. The van der Waals surface area contributed by atoms with Crippen LogP contribution in [0.5, 0.6) is 0 Å². The second-order valence-electron chi connectivity index (χ2n) is 12.1. The summed E-state index contributed by atoms with van der Waals surface area (Å²) in [6, 6.07) is 0. The number of carboxylic acid groups (broad SMARTS) is 1. The van der Waals surface area contributed by atoms with Gasteiger partial charge in [-0.15, -0.1) is 0 Å². The molecular weight excluding hydrogens is 484 g/mol. The minimum atomic E-state index is -0.654. The Labute approximate surface area is 244 Å². The number of unbranched alkanes of at least 4 members (excludes halogenated alkanes) is 21. The minimum absolute atomic E-state index is 0.00375. The van der Waals surface area contributed by atoms with E-state index in [1.807, 2.05) is 0 Å². The molecule has 0 rings (SSSR count). The molecule has 0 unspecified atom stereocenters. The second kappa shape index (κ2) is 35.0. The summed E-state index contributed by atoms with van der Waals surface area (Å²) in [7, 11) is 0. The second-order valence-corrected chi connectivity index (χ2v) is 12.1. The van der Waals surface area contributed by atoms with E-state index in [1.165, 1.54) is 135 Å². The van der Waals surface area contributed by atoms with Crippen LogP contribution >= 0.6 is 0 Å². The van der Waals surface area contributed by atoms with Crippen molar-refractivity contribution in [2.75, 3.05) is 6.61 Å². The molecule has 234 valence electrons. The van der Waals surface area contributed by atoms with Gasteiger partial charge in [0.2, 0.25) is 0 Å². The van der Waals surface area contributed by atoms with Crippen LogP contribution in [0.2, 0.25) is 0 Å². The monoisotopic (exact) mass is 555 g/mol. The summed E-state index contributed by atoms with van der Waals surface area (Å²) in [5.74, 6) is 0.216. The van der Waals surface area contributed by atoms with Gasteiger partial charge in [-0.05, 0) is 25.2 Å². The number of esters is 1. The van der Waals surface area contributed by atoms with E-state index < -0.39 is 5.97 Å². The maximum atomic E-state index is 11.4. The molecule has 0 heterocycles. The molecule has 0 aromatic rings. The highest BCUT2D eigenvalue weighted by atomic mass is 16.5. The first-order valence-corrected chi connectivity index (χ1v) is 17.3. The Hall–Kier alpha value is -1.06. The van der Waals surface area contributed by atoms with E-state index >= 15 is 0 Å². The average Bonchev–Trinajstić information content (AvgIpc) is 2.90. The maximum absolute atomic E-state index is 11.4. The molecule has 0 atom stereocenters. The van der Waals surface area contributed by atoms with Gasteiger partial charge >= 0.3 is 11.9 Å². The number of carboxylic acids is 1. The van der Waals surface area contributed by atoms with Crippen molar-refractivity contribution in [3.63, 3.8) is 0 Å². The molecule has 0 aromatic carbocycles. The molecule has 0 aliphatic heterocycles. The summed E-state index contributed by atoms with van der Waals surface area (Å²) < 4.78 is 5.24. The van der Waals surface area contributed by atoms with Crippen LogP contribution in [-0.2, 0) is 14.3 Å². The van der Waals surface area contributed by atoms with Crippen molar-refractivity contribution in [2.24, 2.45) is 5.92 Å². The molecule has 0 saturated carbocycles. The van der Waals surface area contributed by atoms with E-state index in [0.717, 1.165) is 31.6 Å². The summed E-state index contributed by atoms with van der Waals surface area (Å²) in [5.41, 5.74) is 0. The fourth-order valence-electron chi connectivity index (χ4n) is 4.79. The molecule has 4 nitrogen and oxygen atoms in total. The van der Waals surface area contributed by atoms with E-state index in [4.69, 9.17) is 9.84 Å². The van der Waals surface area contributed by atoms with Gasteiger partial charge in [0, 0.05) is 12.8 Å². The van der Waals surface area contributed by atoms with Crippen LogP contribution < -0.4 is 0 Å². The average molecular weight is 555 g/mol. The van der Waals surface area contributed by atoms with Gasteiger partial charge in [-0.1, -0.05) is 169 Å². The van der Waals surface area contributed by atoms with Crippen LogP contribution in [0, 0.1) is 5.92 Å². The van der Waals surface area contributed by atoms with Crippen molar-refractivity contribution < 1.29 is 19.4 Å². The van der Waals surface area contributed by atoms with Crippen molar-refractivity contribution in [3.8, 4) is 0 Å². The first-order chi connectivity index (χ1) is 18.9. The normalized spacial score (nSPS) is 10.9. The van der Waals surface area contributed by atoms with Crippen molar-refractivity contribution in [1.29, 1.82) is 0 Å². The molecule has 0 radical (unpaired) electrons. The lowest BCUT2D eigenvalue weighted by atomic mass is 10.0. The highest BCUT2D eigenvalue weighted by Crippen LogP contribution is 2.14. The Morgan fingerprint density at radius 1 is 0.513 bits per heavy atom. The van der Waals surface area contributed by atoms with Gasteiger partial charge in [-0.2, -0.15) is 0 Å². The van der Waals surface area contributed by atoms with E-state index in [1.54, 1.807) is 0 Å². The van der Waals surface area contributed by atoms with Crippen molar-refractivity contribution in [1.82, 2.24) is 0 Å². The molecule has 0 saturated heterocycles. The largest absolute Gasteiger partial charge is 0.481 e. The number of aliphatic carboxylic acids is 1. The number of carbonyl (C=O) groups excluding carboxylic acids is 1. The number of rotatable bonds is 29. The van der Waals surface area contributed by atoms with E-state index in [9.17, 15) is 9.59 Å². The van der Waals surface area contributed by atoms with Crippen molar-refractivity contribution in [3.05, 3.63) is 0 Å². The van der Waals surface area contributed by atoms with Gasteiger partial charge in [0.1, 0.15) is 0 Å². The van der Waals surface area contributed by atoms with Crippen molar-refractivity contribution >= 4 is 11.9 Å². The molecule has 39 heavy (non-hydrogen) atoms. The van der Waals surface area contributed by atoms with Crippen LogP contribution in [0.4, 0.5) is 0 Å². The lowest BCUT2D eigenvalue weighted by Gasteiger charge is -2.05. The van der Waals surface area contributed by atoms with E-state index in [0.29, 0.717) is 19.4 Å². The molecule has 0 aromatic heterocycles. The van der Waals surface area contributed by atoms with Gasteiger partial charge in [-0.25, -0.2) is 0 Å². The third-order valence-electron chi connectivity index (χ3n) is 7.42. The molecular formula is C35H70O4. The molecule has 0 aliphatic carbocycles. The zero-order chi connectivity index (χ0) is 29.2. The van der Waals surface area contributed by atoms with Gasteiger partial charge in [0.05, 0.1) is 6.61 Å². The van der Waals surface area contributed by atoms with Gasteiger partial charge in [0.15, 0.2) is 0 Å². The van der Waals surface area contributed by atoms with Crippen molar-refractivity contribution in [2.45, 2.75) is 201 Å². The number of carbonyl (C=O) groups is 2. The van der Waals surface area contributed by atoms with Gasteiger partial charge in [-0.3, -0.25) is 9.59 Å². The lowest BCUT2D eigenvalue weighted by molar-refractivity contribution is -0.144. The SMILES string of the molecule is CC(C)CCCCCCCCCCCCCCC(=O)O.CCCCCCCCOC(=O)CCCCCCCC. The third kappa shape index (κ3) is 41.6. The zero-order valence-corrected chi connectivity index (χ0v) is 27.0. The number of hydrogen-bond acceptors (Lipinski definition) is 3. The van der Waals surface area contributed by atoms with Gasteiger partial charge in [0.25, 0.3) is 0 Å². The minimum Gasteiger partial charge on any atom is -0.481 e. The smallest absolute Gasteiger partial charge is 0.305 e. The van der Waals surface area contributed by atoms with Crippen LogP contribution in [0.15, 0.2) is 0 Å². The van der Waals surface area contributed by atoms with E-state index in [2.05, 4.69) is 27.7 Å². The Morgan fingerprint density at radius 2 is 0.872 bits per heavy atom. The fraction of sp³-hybridized carbons (Fsp3) is 0.943. The highest BCUT2D eigenvalue weighted by Gasteiger charge is 2.02. The van der Waals surface area contributed by atoms with Crippen LogP contribution in [0.3, 0.4) is 0 Å². The van der Waals surface area contributed by atoms with Crippen LogP contribution in [0.25, 0.3) is 0 Å². The predicted molar refractivity (Wildman–Crippen MR) is 169 cm³/mol. The summed E-state index contributed by atoms with van der Waals surface area (Å²) >= 11 is 0. The third-order valence-corrected chi connectivity index (χ3v) is 7.42. The maximum Gasteiger partial charge on any atom is 0.305 e. The highest BCUT2D eigenvalue weighted by molar-refractivity contribution is 5.69. The molecule has 0 spiro atoms. The number of hydrogen-bond donors (Lipinski definition) is 1. The zero-order valence-electron chi connectivity index (χ0n) is 27.0. The molecule has 0 bridgehead atoms. The molecule has 1 N–H and O–H groups in total. The van der Waals surface area contributed by atoms with Gasteiger partial charge < -0.3 is 9.84 Å². The Kier molecular flexibility index (Phi) is 35.9. The first kappa shape index (κ1) is 40.1. The summed E-state index contributed by atoms with van der Waals surface area (Å²) in [5, 5.41) is 8.52. The van der Waals surface area contributed by atoms with E-state index in [-0.39, 0.29) is 5.97 Å². The molecule has 0 fully saturated rings. The molecule has 4 heteroatoms. The predicted octanol–water partition coefficient (Wildman–Crippen LogP) is 11.8. The first-order valence-electron chi connectivity index (χ1n) is 17.3. The van der Waals surface area contributed by atoms with Crippen LogP contribution in [-0.4, -0.2) is 23.7 Å². The Morgan fingerprint density at radius 3 is 1.28 bits per heavy atom. The van der Waals surface area contributed by atoms with Crippen LogP contribution in [0.1, 0.15) is 201 Å². The molecule has 0 amide bonds. The Balaban J connectivity index is 0. The summed E-state index contributed by atoms with van der Waals surface area (Å²) in [6.45, 7) is 9.69.